The van der Waals surface area contributed by atoms with Gasteiger partial charge in [0.15, 0.2) is 0 Å². The van der Waals surface area contributed by atoms with Crippen LogP contribution in [-0.2, 0) is 23.2 Å². The van der Waals surface area contributed by atoms with Gasteiger partial charge in [-0.2, -0.15) is 0 Å². The molecule has 1 aromatic heterocycles. The maximum Gasteiger partial charge on any atom is -1.00 e. The van der Waals surface area contributed by atoms with Crippen molar-refractivity contribution in [1.82, 2.24) is 9.78 Å². The normalized spacial score (nSPS) is 16.9. The Labute approximate surface area is 196 Å². The SMILES string of the molecule is CCCC1=[C]([Zr+2][CH]2C(n3cc4ccccc4n3)=Cc3ccccc32)CC=C1.[Cl-].[Cl-]. The Kier molecular flexibility index (Phi) is 7.38. The molecule has 29 heavy (non-hydrogen) atoms. The molecule has 0 aliphatic heterocycles. The first kappa shape index (κ1) is 22.3. The van der Waals surface area contributed by atoms with Crippen molar-refractivity contribution >= 4 is 22.7 Å². The summed E-state index contributed by atoms with van der Waals surface area (Å²) in [6.07, 6.45) is 13.0. The summed E-state index contributed by atoms with van der Waals surface area (Å²) in [6, 6.07) is 17.3. The Hall–Kier alpha value is -1.41. The summed E-state index contributed by atoms with van der Waals surface area (Å²) in [6.45, 7) is 2.29. The zero-order valence-corrected chi connectivity index (χ0v) is 20.2. The molecule has 2 aliphatic rings. The van der Waals surface area contributed by atoms with Crippen LogP contribution >= 0.6 is 0 Å². The molecule has 0 N–H and O–H groups in total. The summed E-state index contributed by atoms with van der Waals surface area (Å²) in [7, 11) is 0. The topological polar surface area (TPSA) is 17.8 Å². The molecule has 0 radical (unpaired) electrons. The molecular weight excluding hydrogens is 478 g/mol. The monoisotopic (exact) mass is 498 g/mol. The molecule has 3 aromatic rings. The van der Waals surface area contributed by atoms with E-state index in [4.69, 9.17) is 5.10 Å². The van der Waals surface area contributed by atoms with Crippen LogP contribution in [0.3, 0.4) is 0 Å². The van der Waals surface area contributed by atoms with Crippen molar-refractivity contribution in [2.75, 3.05) is 0 Å². The molecule has 1 unspecified atom stereocenters. The smallest absolute Gasteiger partial charge is 1.00 e. The number of benzene rings is 2. The van der Waals surface area contributed by atoms with Crippen LogP contribution in [0.25, 0.3) is 22.7 Å². The summed E-state index contributed by atoms with van der Waals surface area (Å²) in [5.41, 5.74) is 6.95. The Morgan fingerprint density at radius 2 is 1.86 bits per heavy atom. The first-order valence-corrected chi connectivity index (χ1v) is 12.4. The number of rotatable bonds is 5. The summed E-state index contributed by atoms with van der Waals surface area (Å²) in [5.74, 6) is 0. The number of aromatic nitrogens is 2. The predicted octanol–water partition coefficient (Wildman–Crippen LogP) is 0.194. The minimum absolute atomic E-state index is 0. The molecule has 1 heterocycles. The van der Waals surface area contributed by atoms with Crippen molar-refractivity contribution in [3.05, 3.63) is 86.9 Å². The average molecular weight is 501 g/mol. The van der Waals surface area contributed by atoms with E-state index in [2.05, 4.69) is 84.6 Å². The third kappa shape index (κ3) is 4.24. The number of hydrogen-bond acceptors (Lipinski definition) is 1. The van der Waals surface area contributed by atoms with E-state index in [1.165, 1.54) is 41.5 Å². The van der Waals surface area contributed by atoms with Crippen molar-refractivity contribution in [2.45, 2.75) is 29.8 Å². The number of allylic oxidation sites excluding steroid dienone is 5. The molecule has 1 atom stereocenters. The van der Waals surface area contributed by atoms with Crippen LogP contribution in [0.4, 0.5) is 0 Å². The van der Waals surface area contributed by atoms with Gasteiger partial charge < -0.3 is 24.8 Å². The summed E-state index contributed by atoms with van der Waals surface area (Å²) in [5, 5.41) is 6.12. The Morgan fingerprint density at radius 3 is 2.69 bits per heavy atom. The fourth-order valence-corrected chi connectivity index (χ4v) is 8.46. The van der Waals surface area contributed by atoms with Gasteiger partial charge in [-0.1, -0.05) is 0 Å². The largest absolute Gasteiger partial charge is 1.00 e. The molecule has 0 spiro atoms. The third-order valence-electron chi connectivity index (χ3n) is 5.45. The molecule has 0 bridgehead atoms. The van der Waals surface area contributed by atoms with E-state index in [1.807, 2.05) is 0 Å². The van der Waals surface area contributed by atoms with E-state index in [9.17, 15) is 0 Å². The van der Waals surface area contributed by atoms with Crippen LogP contribution in [0.15, 0.2) is 75.7 Å². The predicted molar refractivity (Wildman–Crippen MR) is 109 cm³/mol. The van der Waals surface area contributed by atoms with Gasteiger partial charge in [0.05, 0.1) is 0 Å². The van der Waals surface area contributed by atoms with Gasteiger partial charge >= 0.3 is 172 Å². The quantitative estimate of drug-likeness (QED) is 0.490. The van der Waals surface area contributed by atoms with Gasteiger partial charge in [0.1, 0.15) is 0 Å². The van der Waals surface area contributed by atoms with Crippen molar-refractivity contribution in [3.63, 3.8) is 0 Å². The third-order valence-corrected chi connectivity index (χ3v) is 9.80. The molecular formula is C24H22Cl2N2Zr. The second kappa shape index (κ2) is 9.60. The van der Waals surface area contributed by atoms with Gasteiger partial charge in [0, 0.05) is 0 Å². The van der Waals surface area contributed by atoms with Crippen LogP contribution in [-0.4, -0.2) is 9.78 Å². The maximum absolute atomic E-state index is 4.90. The molecule has 0 fully saturated rings. The van der Waals surface area contributed by atoms with Gasteiger partial charge in [0.2, 0.25) is 0 Å². The second-order valence-corrected chi connectivity index (χ2v) is 10.9. The van der Waals surface area contributed by atoms with Crippen LogP contribution in [0.1, 0.15) is 40.9 Å². The Balaban J connectivity index is 0.00000120. The minimum Gasteiger partial charge on any atom is -1.00 e. The van der Waals surface area contributed by atoms with Crippen molar-refractivity contribution in [3.8, 4) is 0 Å². The van der Waals surface area contributed by atoms with E-state index in [0.717, 1.165) is 5.52 Å². The zero-order chi connectivity index (χ0) is 18.2. The number of fused-ring (bicyclic) bond motifs is 2. The summed E-state index contributed by atoms with van der Waals surface area (Å²) in [4.78, 5) is 0. The summed E-state index contributed by atoms with van der Waals surface area (Å²) >= 11 is -0.796. The van der Waals surface area contributed by atoms with E-state index >= 15 is 0 Å². The molecule has 0 saturated carbocycles. The van der Waals surface area contributed by atoms with Gasteiger partial charge in [-0.05, 0) is 0 Å². The van der Waals surface area contributed by atoms with E-state index in [0.29, 0.717) is 3.63 Å². The van der Waals surface area contributed by atoms with Gasteiger partial charge in [-0.15, -0.1) is 0 Å². The van der Waals surface area contributed by atoms with E-state index < -0.39 is 23.2 Å². The molecule has 0 saturated heterocycles. The van der Waals surface area contributed by atoms with Crippen molar-refractivity contribution in [2.24, 2.45) is 0 Å². The molecule has 2 aromatic carbocycles. The molecule has 0 amide bonds. The van der Waals surface area contributed by atoms with E-state index in [-0.39, 0.29) is 24.8 Å². The first-order chi connectivity index (χ1) is 13.3. The Bertz CT molecular complexity index is 1080. The second-order valence-electron chi connectivity index (χ2n) is 7.27. The molecule has 146 valence electrons. The van der Waals surface area contributed by atoms with Crippen molar-refractivity contribution < 1.29 is 48.0 Å². The molecule has 2 nitrogen and oxygen atoms in total. The first-order valence-electron chi connectivity index (χ1n) is 9.74. The number of nitrogens with zero attached hydrogens (tertiary/aromatic N) is 2. The van der Waals surface area contributed by atoms with Crippen LogP contribution in [0.2, 0.25) is 0 Å². The van der Waals surface area contributed by atoms with Crippen LogP contribution in [0, 0.1) is 0 Å². The number of hydrogen-bond donors (Lipinski definition) is 0. The van der Waals surface area contributed by atoms with Gasteiger partial charge in [-0.25, -0.2) is 0 Å². The fraction of sp³-hybridized carbons (Fsp3) is 0.208. The fourth-order valence-electron chi connectivity index (χ4n) is 4.13. The number of halogens is 2. The molecule has 2 aliphatic carbocycles. The summed E-state index contributed by atoms with van der Waals surface area (Å²) < 4.78 is 4.46. The van der Waals surface area contributed by atoms with Crippen LogP contribution < -0.4 is 24.8 Å². The van der Waals surface area contributed by atoms with Crippen molar-refractivity contribution in [1.29, 1.82) is 0 Å². The minimum atomic E-state index is -0.796. The zero-order valence-electron chi connectivity index (χ0n) is 16.3. The molecule has 5 rings (SSSR count). The van der Waals surface area contributed by atoms with Gasteiger partial charge in [0.25, 0.3) is 0 Å². The maximum atomic E-state index is 4.90. The average Bonchev–Trinajstić information content (AvgIpc) is 3.40. The van der Waals surface area contributed by atoms with E-state index in [1.54, 1.807) is 8.85 Å². The Morgan fingerprint density at radius 1 is 1.07 bits per heavy atom. The standard InChI is InChI=1S/C16H11N2.C8H11.2ClH.Zr/c1-2-6-13-10-15(9-12(13)5-1)18-11-14-7-3-4-8-16(14)17-18;1-2-5-8-6-3-4-7-8;;;/h1-11H;3,6H,2,4-5H2,1H3;2*1H;/q;;;;+2/p-2. The van der Waals surface area contributed by atoms with Crippen LogP contribution in [0.5, 0.6) is 0 Å². The molecule has 5 heteroatoms. The van der Waals surface area contributed by atoms with Gasteiger partial charge in [-0.3, -0.25) is 0 Å².